The molecule has 0 unspecified atom stereocenters. The maximum absolute atomic E-state index is 10.1. The maximum atomic E-state index is 10.1. The van der Waals surface area contributed by atoms with Crippen molar-refractivity contribution in [3.05, 3.63) is 34.7 Å². The van der Waals surface area contributed by atoms with Crippen LogP contribution in [0, 0.1) is 0 Å². The van der Waals surface area contributed by atoms with Crippen molar-refractivity contribution in [2.45, 2.75) is 26.2 Å². The summed E-state index contributed by atoms with van der Waals surface area (Å²) in [5, 5.41) is 1.87. The average molecular weight is 226 g/mol. The van der Waals surface area contributed by atoms with Gasteiger partial charge in [-0.05, 0) is 42.2 Å². The molecule has 2 N–H and O–H groups in total. The summed E-state index contributed by atoms with van der Waals surface area (Å²) in [5.41, 5.74) is 0.869. The summed E-state index contributed by atoms with van der Waals surface area (Å²) >= 11 is 0. The zero-order valence-electron chi connectivity index (χ0n) is 9.26. The summed E-state index contributed by atoms with van der Waals surface area (Å²) in [6.45, 7) is 11.4. The predicted octanol–water partition coefficient (Wildman–Crippen LogP) is 1.88. The molecular weight excluding hydrogens is 208 g/mol. The van der Waals surface area contributed by atoms with E-state index in [0.717, 1.165) is 16.0 Å². The first-order chi connectivity index (χ1) is 6.14. The summed E-state index contributed by atoms with van der Waals surface area (Å²) < 4.78 is 0. The second-order valence-electron chi connectivity index (χ2n) is 4.77. The molecule has 4 heteroatoms. The van der Waals surface area contributed by atoms with Crippen molar-refractivity contribution >= 4 is 16.6 Å². The van der Waals surface area contributed by atoms with Gasteiger partial charge in [0.1, 0.15) is 0 Å². The van der Waals surface area contributed by atoms with Crippen LogP contribution >= 0.6 is 0 Å². The van der Waals surface area contributed by atoms with Gasteiger partial charge in [0.05, 0.1) is 0 Å². The van der Waals surface area contributed by atoms with Crippen molar-refractivity contribution in [3.63, 3.8) is 0 Å². The molecule has 1 aliphatic carbocycles. The summed E-state index contributed by atoms with van der Waals surface area (Å²) in [4.78, 5) is 20.2. The number of hydrogen-bond donors (Lipinski definition) is 2. The van der Waals surface area contributed by atoms with Gasteiger partial charge in [-0.2, -0.15) is 0 Å². The molecule has 0 aromatic rings. The minimum absolute atomic E-state index is 0.869. The second kappa shape index (κ2) is 3.31. The van der Waals surface area contributed by atoms with Crippen LogP contribution in [0.5, 0.6) is 0 Å². The van der Waals surface area contributed by atoms with E-state index in [2.05, 4.69) is 6.58 Å². The molecule has 0 atom stereocenters. The standard InChI is InChI=1S/C10H18O2Si2/c1-8-6-7-9(13(2,3)11)10(8)14(4,5)12/h6-7,11-12H,1H2,2-5H3. The van der Waals surface area contributed by atoms with Crippen molar-refractivity contribution in [2.75, 3.05) is 0 Å². The van der Waals surface area contributed by atoms with Gasteiger partial charge in [-0.1, -0.05) is 18.7 Å². The summed E-state index contributed by atoms with van der Waals surface area (Å²) in [6, 6.07) is 0. The highest BCUT2D eigenvalue weighted by Crippen LogP contribution is 2.33. The molecule has 0 saturated heterocycles. The molecule has 0 aromatic carbocycles. The molecule has 1 aliphatic rings. The fourth-order valence-corrected chi connectivity index (χ4v) is 6.47. The van der Waals surface area contributed by atoms with Crippen LogP contribution in [0.4, 0.5) is 0 Å². The Morgan fingerprint density at radius 3 is 1.79 bits per heavy atom. The van der Waals surface area contributed by atoms with Gasteiger partial charge in [0, 0.05) is 0 Å². The molecule has 2 nitrogen and oxygen atoms in total. The Balaban J connectivity index is 3.29. The first-order valence-corrected chi connectivity index (χ1v) is 10.6. The van der Waals surface area contributed by atoms with Gasteiger partial charge in [-0.25, -0.2) is 0 Å². The van der Waals surface area contributed by atoms with E-state index >= 15 is 0 Å². The van der Waals surface area contributed by atoms with Gasteiger partial charge in [0.25, 0.3) is 0 Å². The van der Waals surface area contributed by atoms with Gasteiger partial charge in [-0.3, -0.25) is 0 Å². The Hall–Kier alpha value is -0.426. The van der Waals surface area contributed by atoms with E-state index in [9.17, 15) is 9.59 Å². The van der Waals surface area contributed by atoms with Crippen LogP contribution in [0.2, 0.25) is 26.2 Å². The van der Waals surface area contributed by atoms with Crippen molar-refractivity contribution in [1.29, 1.82) is 0 Å². The smallest absolute Gasteiger partial charge is 0.214 e. The highest BCUT2D eigenvalue weighted by Gasteiger charge is 2.36. The highest BCUT2D eigenvalue weighted by molar-refractivity contribution is 6.85. The van der Waals surface area contributed by atoms with Crippen LogP contribution in [0.15, 0.2) is 34.7 Å². The van der Waals surface area contributed by atoms with E-state index in [1.807, 2.05) is 38.3 Å². The van der Waals surface area contributed by atoms with Crippen molar-refractivity contribution < 1.29 is 9.59 Å². The zero-order valence-corrected chi connectivity index (χ0v) is 11.3. The second-order valence-corrected chi connectivity index (χ2v) is 12.0. The molecule has 0 aromatic heterocycles. The first-order valence-electron chi connectivity index (χ1n) is 4.71. The molecule has 78 valence electrons. The monoisotopic (exact) mass is 226 g/mol. The molecule has 0 bridgehead atoms. The molecule has 0 saturated carbocycles. The van der Waals surface area contributed by atoms with E-state index in [1.54, 1.807) is 0 Å². The van der Waals surface area contributed by atoms with E-state index in [1.165, 1.54) is 0 Å². The zero-order chi connectivity index (χ0) is 11.1. The van der Waals surface area contributed by atoms with Crippen molar-refractivity contribution in [2.24, 2.45) is 0 Å². The van der Waals surface area contributed by atoms with Crippen molar-refractivity contribution in [1.82, 2.24) is 0 Å². The third kappa shape index (κ3) is 2.14. The van der Waals surface area contributed by atoms with Gasteiger partial charge in [-0.15, -0.1) is 0 Å². The molecular formula is C10H18O2Si2. The summed E-state index contributed by atoms with van der Waals surface area (Å²) in [5.74, 6) is 0. The Bertz CT molecular complexity index is 311. The molecule has 0 aliphatic heterocycles. The van der Waals surface area contributed by atoms with Crippen LogP contribution in [0.3, 0.4) is 0 Å². The molecule has 1 rings (SSSR count). The Morgan fingerprint density at radius 1 is 1.00 bits per heavy atom. The van der Waals surface area contributed by atoms with Crippen molar-refractivity contribution in [3.8, 4) is 0 Å². The predicted molar refractivity (Wildman–Crippen MR) is 64.7 cm³/mol. The topological polar surface area (TPSA) is 40.5 Å². The Labute approximate surface area is 87.5 Å². The summed E-state index contributed by atoms with van der Waals surface area (Å²) in [7, 11) is -4.70. The van der Waals surface area contributed by atoms with Gasteiger partial charge in [0.15, 0.2) is 0 Å². The van der Waals surface area contributed by atoms with E-state index in [4.69, 9.17) is 0 Å². The SMILES string of the molecule is C=C1C=CC([Si](C)(C)O)=C1[Si](C)(C)O. The van der Waals surface area contributed by atoms with E-state index in [0.29, 0.717) is 0 Å². The average Bonchev–Trinajstić information content (AvgIpc) is 2.27. The Morgan fingerprint density at radius 2 is 1.50 bits per heavy atom. The minimum atomic E-state index is -2.37. The quantitative estimate of drug-likeness (QED) is 0.706. The van der Waals surface area contributed by atoms with Crippen LogP contribution in [0.1, 0.15) is 0 Å². The molecule has 14 heavy (non-hydrogen) atoms. The first kappa shape index (κ1) is 11.6. The molecule has 0 radical (unpaired) electrons. The third-order valence-electron chi connectivity index (χ3n) is 2.31. The number of rotatable bonds is 2. The van der Waals surface area contributed by atoms with E-state index < -0.39 is 16.6 Å². The maximum Gasteiger partial charge on any atom is 0.214 e. The van der Waals surface area contributed by atoms with Gasteiger partial charge < -0.3 is 9.59 Å². The molecule has 0 heterocycles. The van der Waals surface area contributed by atoms with E-state index in [-0.39, 0.29) is 0 Å². The lowest BCUT2D eigenvalue weighted by Gasteiger charge is -2.24. The number of hydrogen-bond acceptors (Lipinski definition) is 2. The lowest BCUT2D eigenvalue weighted by Crippen LogP contribution is -2.36. The van der Waals surface area contributed by atoms with Crippen LogP contribution in [0.25, 0.3) is 0 Å². The Kier molecular flexibility index (Phi) is 2.75. The summed E-state index contributed by atoms with van der Waals surface area (Å²) in [6.07, 6.45) is 3.80. The van der Waals surface area contributed by atoms with Crippen LogP contribution in [-0.4, -0.2) is 26.2 Å². The molecule has 0 amide bonds. The van der Waals surface area contributed by atoms with Crippen LogP contribution < -0.4 is 0 Å². The highest BCUT2D eigenvalue weighted by atomic mass is 28.4. The molecule has 0 fully saturated rings. The van der Waals surface area contributed by atoms with Gasteiger partial charge >= 0.3 is 0 Å². The fraction of sp³-hybridized carbons (Fsp3) is 0.400. The fourth-order valence-electron chi connectivity index (χ4n) is 1.76. The lowest BCUT2D eigenvalue weighted by atomic mass is 10.3. The van der Waals surface area contributed by atoms with Crippen LogP contribution in [-0.2, 0) is 0 Å². The largest absolute Gasteiger partial charge is 0.428 e. The minimum Gasteiger partial charge on any atom is -0.428 e. The third-order valence-corrected chi connectivity index (χ3v) is 6.11. The van der Waals surface area contributed by atoms with Gasteiger partial charge in [0.2, 0.25) is 16.6 Å². The molecule has 0 spiro atoms. The lowest BCUT2D eigenvalue weighted by molar-refractivity contribution is 0.556. The number of allylic oxidation sites excluding steroid dienone is 5. The normalized spacial score (nSPS) is 18.3.